The Morgan fingerprint density at radius 2 is 2.15 bits per heavy atom. The number of aliphatic hydroxyl groups is 1. The minimum absolute atomic E-state index is 0.199. The number of hydrogen-bond acceptors (Lipinski definition) is 3. The summed E-state index contributed by atoms with van der Waals surface area (Å²) >= 11 is 4.86. The van der Waals surface area contributed by atoms with Gasteiger partial charge in [0.25, 0.3) is 0 Å². The highest BCUT2D eigenvalue weighted by molar-refractivity contribution is 7.80. The van der Waals surface area contributed by atoms with E-state index in [-0.39, 0.29) is 11.0 Å². The van der Waals surface area contributed by atoms with Crippen LogP contribution in [0.5, 0.6) is 0 Å². The zero-order valence-electron chi connectivity index (χ0n) is 12.1. The standard InChI is InChI=1S/C15H25N3OS/c1-9-10-5-4-7-12(13(10)17-18-14(16)20)15(19)8-3-2-6-11(9)15/h9-12,19H,2-8H2,1H3,(H3,16,18,20)/b17-13+. The number of rotatable bonds is 1. The summed E-state index contributed by atoms with van der Waals surface area (Å²) in [6.07, 6.45) is 7.91. The number of nitrogens with two attached hydrogens (primary N) is 1. The van der Waals surface area contributed by atoms with Crippen molar-refractivity contribution >= 4 is 23.0 Å². The van der Waals surface area contributed by atoms with Crippen LogP contribution in [0.1, 0.15) is 51.9 Å². The molecule has 3 fully saturated rings. The number of nitrogens with one attached hydrogen (secondary N) is 1. The number of nitrogens with zero attached hydrogens (tertiary/aromatic N) is 1. The Labute approximate surface area is 126 Å². The van der Waals surface area contributed by atoms with Crippen molar-refractivity contribution < 1.29 is 5.11 Å². The lowest BCUT2D eigenvalue weighted by Crippen LogP contribution is -2.61. The molecule has 0 aliphatic heterocycles. The summed E-state index contributed by atoms with van der Waals surface area (Å²) < 4.78 is 0. The number of thiocarbonyl (C=S) groups is 1. The van der Waals surface area contributed by atoms with Crippen LogP contribution in [0.2, 0.25) is 0 Å². The second kappa shape index (κ2) is 5.26. The summed E-state index contributed by atoms with van der Waals surface area (Å²) in [5.41, 5.74) is 8.85. The molecule has 0 radical (unpaired) electrons. The largest absolute Gasteiger partial charge is 0.389 e. The van der Waals surface area contributed by atoms with Crippen molar-refractivity contribution in [2.45, 2.75) is 57.5 Å². The van der Waals surface area contributed by atoms with Gasteiger partial charge in [-0.05, 0) is 49.7 Å². The van der Waals surface area contributed by atoms with Gasteiger partial charge in [0.2, 0.25) is 0 Å². The van der Waals surface area contributed by atoms with Gasteiger partial charge in [-0.25, -0.2) is 0 Å². The molecule has 20 heavy (non-hydrogen) atoms. The topological polar surface area (TPSA) is 70.6 Å². The molecule has 0 spiro atoms. The van der Waals surface area contributed by atoms with Gasteiger partial charge in [-0.1, -0.05) is 26.2 Å². The van der Waals surface area contributed by atoms with Crippen molar-refractivity contribution in [1.82, 2.24) is 5.43 Å². The fourth-order valence-electron chi connectivity index (χ4n) is 5.05. The molecule has 5 heteroatoms. The molecule has 3 aliphatic carbocycles. The normalized spacial score (nSPS) is 45.8. The van der Waals surface area contributed by atoms with Crippen molar-refractivity contribution in [3.63, 3.8) is 0 Å². The third kappa shape index (κ3) is 2.15. The third-order valence-corrected chi connectivity index (χ3v) is 5.99. The van der Waals surface area contributed by atoms with E-state index in [1.54, 1.807) is 0 Å². The van der Waals surface area contributed by atoms with Gasteiger partial charge >= 0.3 is 0 Å². The first-order valence-corrected chi connectivity index (χ1v) is 8.30. The first-order valence-electron chi connectivity index (χ1n) is 7.89. The highest BCUT2D eigenvalue weighted by Gasteiger charge is 2.57. The molecule has 4 N–H and O–H groups in total. The van der Waals surface area contributed by atoms with E-state index in [2.05, 4.69) is 17.5 Å². The molecule has 0 aromatic carbocycles. The van der Waals surface area contributed by atoms with E-state index in [1.165, 1.54) is 25.7 Å². The lowest BCUT2D eigenvalue weighted by atomic mass is 9.51. The van der Waals surface area contributed by atoms with Crippen LogP contribution >= 0.6 is 12.2 Å². The first-order chi connectivity index (χ1) is 9.54. The van der Waals surface area contributed by atoms with E-state index in [1.807, 2.05) is 0 Å². The zero-order valence-corrected chi connectivity index (χ0v) is 13.0. The van der Waals surface area contributed by atoms with Gasteiger partial charge in [-0.2, -0.15) is 5.10 Å². The molecule has 0 amide bonds. The molecule has 5 unspecified atom stereocenters. The quantitative estimate of drug-likeness (QED) is 0.512. The van der Waals surface area contributed by atoms with E-state index in [0.29, 0.717) is 17.8 Å². The maximum absolute atomic E-state index is 11.3. The fraction of sp³-hybridized carbons (Fsp3) is 0.867. The van der Waals surface area contributed by atoms with Crippen molar-refractivity contribution in [1.29, 1.82) is 0 Å². The molecular weight excluding hydrogens is 270 g/mol. The van der Waals surface area contributed by atoms with Crippen LogP contribution < -0.4 is 11.2 Å². The van der Waals surface area contributed by atoms with Gasteiger partial charge in [-0.3, -0.25) is 5.43 Å². The molecule has 112 valence electrons. The van der Waals surface area contributed by atoms with Crippen molar-refractivity contribution in [2.75, 3.05) is 0 Å². The molecule has 0 saturated heterocycles. The average molecular weight is 295 g/mol. The summed E-state index contributed by atoms with van der Waals surface area (Å²) in [7, 11) is 0. The van der Waals surface area contributed by atoms with Crippen LogP contribution in [0.25, 0.3) is 0 Å². The SMILES string of the molecule is CC1C2CCCC(/C2=N/NC(N)=S)C2(O)CCCCC12. The van der Waals surface area contributed by atoms with Crippen LogP contribution in [0.15, 0.2) is 5.10 Å². The number of fused-ring (bicyclic) bond motifs is 4. The molecule has 5 atom stereocenters. The summed E-state index contributed by atoms with van der Waals surface area (Å²) in [4.78, 5) is 0. The molecule has 0 heterocycles. The third-order valence-electron chi connectivity index (χ3n) is 5.90. The molecule has 3 saturated carbocycles. The Balaban J connectivity index is 1.96. The molecule has 3 rings (SSSR count). The lowest BCUT2D eigenvalue weighted by molar-refractivity contribution is -0.122. The average Bonchev–Trinajstić information content (AvgIpc) is 2.43. The molecule has 0 aromatic rings. The summed E-state index contributed by atoms with van der Waals surface area (Å²) in [6, 6.07) is 0. The Morgan fingerprint density at radius 3 is 2.90 bits per heavy atom. The predicted octanol–water partition coefficient (Wildman–Crippen LogP) is 2.16. The van der Waals surface area contributed by atoms with E-state index < -0.39 is 5.60 Å². The fourth-order valence-corrected chi connectivity index (χ4v) is 5.10. The summed E-state index contributed by atoms with van der Waals surface area (Å²) in [5, 5.41) is 16.0. The highest BCUT2D eigenvalue weighted by Crippen LogP contribution is 2.55. The second-order valence-corrected chi connectivity index (χ2v) is 7.25. The molecule has 4 nitrogen and oxygen atoms in total. The number of hydrazone groups is 1. The Bertz CT molecular complexity index is 439. The van der Waals surface area contributed by atoms with Crippen LogP contribution in [0.4, 0.5) is 0 Å². The minimum Gasteiger partial charge on any atom is -0.389 e. The van der Waals surface area contributed by atoms with E-state index in [9.17, 15) is 5.11 Å². The Hall–Kier alpha value is -0.680. The Kier molecular flexibility index (Phi) is 3.75. The van der Waals surface area contributed by atoms with Gasteiger partial charge in [0.05, 0.1) is 5.60 Å². The molecule has 2 bridgehead atoms. The van der Waals surface area contributed by atoms with Crippen molar-refractivity contribution in [2.24, 2.45) is 34.5 Å². The van der Waals surface area contributed by atoms with Gasteiger partial charge in [0.15, 0.2) is 5.11 Å². The van der Waals surface area contributed by atoms with Gasteiger partial charge < -0.3 is 10.8 Å². The smallest absolute Gasteiger partial charge is 0.184 e. The monoisotopic (exact) mass is 295 g/mol. The van der Waals surface area contributed by atoms with Crippen LogP contribution in [0.3, 0.4) is 0 Å². The van der Waals surface area contributed by atoms with E-state index >= 15 is 0 Å². The summed E-state index contributed by atoms with van der Waals surface area (Å²) in [6.45, 7) is 2.30. The molecule has 0 aromatic heterocycles. The summed E-state index contributed by atoms with van der Waals surface area (Å²) in [5.74, 6) is 1.63. The molecular formula is C15H25N3OS. The van der Waals surface area contributed by atoms with E-state index in [4.69, 9.17) is 18.0 Å². The second-order valence-electron chi connectivity index (χ2n) is 6.81. The van der Waals surface area contributed by atoms with Crippen LogP contribution in [0, 0.1) is 23.7 Å². The van der Waals surface area contributed by atoms with E-state index in [0.717, 1.165) is 25.0 Å². The maximum Gasteiger partial charge on any atom is 0.184 e. The Morgan fingerprint density at radius 1 is 1.35 bits per heavy atom. The van der Waals surface area contributed by atoms with Gasteiger partial charge in [0.1, 0.15) is 0 Å². The van der Waals surface area contributed by atoms with Gasteiger partial charge in [-0.15, -0.1) is 0 Å². The zero-order chi connectivity index (χ0) is 14.3. The van der Waals surface area contributed by atoms with Crippen LogP contribution in [-0.2, 0) is 0 Å². The van der Waals surface area contributed by atoms with Crippen molar-refractivity contribution in [3.05, 3.63) is 0 Å². The van der Waals surface area contributed by atoms with Crippen molar-refractivity contribution in [3.8, 4) is 0 Å². The predicted molar refractivity (Wildman–Crippen MR) is 84.3 cm³/mol. The lowest BCUT2D eigenvalue weighted by Gasteiger charge is -2.57. The highest BCUT2D eigenvalue weighted by atomic mass is 32.1. The maximum atomic E-state index is 11.3. The number of hydrogen-bond donors (Lipinski definition) is 3. The first kappa shape index (κ1) is 14.3. The van der Waals surface area contributed by atoms with Crippen LogP contribution in [-0.4, -0.2) is 21.5 Å². The van der Waals surface area contributed by atoms with Gasteiger partial charge in [0, 0.05) is 17.5 Å². The molecule has 3 aliphatic rings. The minimum atomic E-state index is -0.550.